The molecule has 2 N–H and O–H groups in total. The summed E-state index contributed by atoms with van der Waals surface area (Å²) in [6, 6.07) is 3.87. The molecule has 1 aromatic rings. The number of nitrogens with one attached hydrogen (secondary N) is 2. The van der Waals surface area contributed by atoms with Crippen molar-refractivity contribution in [1.82, 2.24) is 10.3 Å². The molecule has 0 fully saturated rings. The summed E-state index contributed by atoms with van der Waals surface area (Å²) in [5, 5.41) is 6.40. The first-order chi connectivity index (χ1) is 8.09. The molecule has 0 saturated heterocycles. The van der Waals surface area contributed by atoms with E-state index in [1.54, 1.807) is 18.3 Å². The molecule has 4 nitrogen and oxygen atoms in total. The first-order valence-electron chi connectivity index (χ1n) is 5.73. The Morgan fingerprint density at radius 3 is 2.94 bits per heavy atom. The number of amides is 1. The van der Waals surface area contributed by atoms with E-state index in [0.717, 1.165) is 13.0 Å². The van der Waals surface area contributed by atoms with Crippen LogP contribution in [0.1, 0.15) is 26.7 Å². The fourth-order valence-electron chi connectivity index (χ4n) is 1.31. The van der Waals surface area contributed by atoms with Crippen molar-refractivity contribution in [3.8, 4) is 0 Å². The van der Waals surface area contributed by atoms with Gasteiger partial charge in [0.1, 0.15) is 0 Å². The molecular weight excluding hydrogens is 238 g/mol. The van der Waals surface area contributed by atoms with Gasteiger partial charge in [0.25, 0.3) is 0 Å². The molecule has 0 aliphatic carbocycles. The van der Waals surface area contributed by atoms with Crippen LogP contribution in [0.5, 0.6) is 0 Å². The first kappa shape index (κ1) is 13.9. The fourth-order valence-corrected chi connectivity index (χ4v) is 1.48. The summed E-state index contributed by atoms with van der Waals surface area (Å²) in [4.78, 5) is 15.6. The number of nitrogens with zero attached hydrogens (tertiary/aromatic N) is 1. The predicted molar refractivity (Wildman–Crippen MR) is 70.2 cm³/mol. The number of carbonyl (C=O) groups is 1. The summed E-state index contributed by atoms with van der Waals surface area (Å²) >= 11 is 5.88. The van der Waals surface area contributed by atoms with Gasteiger partial charge in [-0.15, -0.1) is 0 Å². The Balaban J connectivity index is 2.28. The van der Waals surface area contributed by atoms with Crippen molar-refractivity contribution in [2.24, 2.45) is 0 Å². The van der Waals surface area contributed by atoms with Crippen LogP contribution in [0.4, 0.5) is 5.82 Å². The Bertz CT molecular complexity index is 369. The largest absolute Gasteiger partial charge is 0.315 e. The Labute approximate surface area is 107 Å². The fraction of sp³-hybridized carbons (Fsp3) is 0.500. The summed E-state index contributed by atoms with van der Waals surface area (Å²) in [6.07, 6.45) is 2.86. The molecule has 1 amide bonds. The van der Waals surface area contributed by atoms with E-state index < -0.39 is 0 Å². The van der Waals surface area contributed by atoms with Crippen LogP contribution in [0.3, 0.4) is 0 Å². The van der Waals surface area contributed by atoms with Crippen molar-refractivity contribution in [2.45, 2.75) is 32.7 Å². The van der Waals surface area contributed by atoms with Crippen LogP contribution in [0.25, 0.3) is 0 Å². The van der Waals surface area contributed by atoms with Gasteiger partial charge in [-0.05, 0) is 25.1 Å². The third kappa shape index (κ3) is 5.65. The van der Waals surface area contributed by atoms with Gasteiger partial charge < -0.3 is 10.6 Å². The van der Waals surface area contributed by atoms with E-state index in [4.69, 9.17) is 11.6 Å². The smallest absolute Gasteiger partial charge is 0.225 e. The highest BCUT2D eigenvalue weighted by Gasteiger charge is 2.06. The Morgan fingerprint density at radius 1 is 1.53 bits per heavy atom. The lowest BCUT2D eigenvalue weighted by Gasteiger charge is -2.08. The molecule has 1 heterocycles. The van der Waals surface area contributed by atoms with Gasteiger partial charge in [-0.3, -0.25) is 4.79 Å². The molecule has 5 heteroatoms. The maximum Gasteiger partial charge on any atom is 0.225 e. The van der Waals surface area contributed by atoms with Gasteiger partial charge in [0.15, 0.2) is 5.82 Å². The van der Waals surface area contributed by atoms with E-state index in [2.05, 4.69) is 29.5 Å². The molecule has 0 spiro atoms. The standard InChI is InChI=1S/C12H18ClN3O/c1-9(2)14-7-4-6-11(17)16-12-10(13)5-3-8-15-12/h3,5,8-9,14H,4,6-7H2,1-2H3,(H,15,16,17). The molecule has 0 bridgehead atoms. The molecule has 0 radical (unpaired) electrons. The molecule has 0 aliphatic rings. The average molecular weight is 256 g/mol. The summed E-state index contributed by atoms with van der Waals surface area (Å²) < 4.78 is 0. The molecule has 17 heavy (non-hydrogen) atoms. The molecule has 94 valence electrons. The summed E-state index contributed by atoms with van der Waals surface area (Å²) in [5.74, 6) is 0.368. The van der Waals surface area contributed by atoms with Crippen molar-refractivity contribution in [3.05, 3.63) is 23.4 Å². The van der Waals surface area contributed by atoms with Crippen LogP contribution in [-0.2, 0) is 4.79 Å². The molecule has 0 saturated carbocycles. The SMILES string of the molecule is CC(C)NCCCC(=O)Nc1ncccc1Cl. The van der Waals surface area contributed by atoms with E-state index in [-0.39, 0.29) is 5.91 Å². The van der Waals surface area contributed by atoms with Crippen LogP contribution in [0, 0.1) is 0 Å². The maximum absolute atomic E-state index is 11.6. The van der Waals surface area contributed by atoms with Crippen molar-refractivity contribution in [1.29, 1.82) is 0 Å². The van der Waals surface area contributed by atoms with Gasteiger partial charge in [-0.2, -0.15) is 0 Å². The third-order valence-corrected chi connectivity index (χ3v) is 2.45. The highest BCUT2D eigenvalue weighted by atomic mass is 35.5. The Kier molecular flexibility index (Phi) is 5.94. The van der Waals surface area contributed by atoms with E-state index in [0.29, 0.717) is 23.3 Å². The van der Waals surface area contributed by atoms with Crippen molar-refractivity contribution < 1.29 is 4.79 Å². The summed E-state index contributed by atoms with van der Waals surface area (Å²) in [7, 11) is 0. The van der Waals surface area contributed by atoms with Gasteiger partial charge >= 0.3 is 0 Å². The van der Waals surface area contributed by atoms with Crippen LogP contribution in [-0.4, -0.2) is 23.5 Å². The van der Waals surface area contributed by atoms with Crippen molar-refractivity contribution in [3.63, 3.8) is 0 Å². The number of aromatic nitrogens is 1. The number of hydrogen-bond acceptors (Lipinski definition) is 3. The number of pyridine rings is 1. The topological polar surface area (TPSA) is 54.0 Å². The Hall–Kier alpha value is -1.13. The second-order valence-electron chi connectivity index (χ2n) is 4.09. The lowest BCUT2D eigenvalue weighted by molar-refractivity contribution is -0.116. The summed E-state index contributed by atoms with van der Waals surface area (Å²) in [5.41, 5.74) is 0. The number of rotatable bonds is 6. The monoisotopic (exact) mass is 255 g/mol. The van der Waals surface area contributed by atoms with E-state index >= 15 is 0 Å². The van der Waals surface area contributed by atoms with E-state index in [1.807, 2.05) is 0 Å². The van der Waals surface area contributed by atoms with Gasteiger partial charge in [-0.25, -0.2) is 4.98 Å². The number of halogens is 1. The maximum atomic E-state index is 11.6. The summed E-state index contributed by atoms with van der Waals surface area (Å²) in [6.45, 7) is 4.99. The quantitative estimate of drug-likeness (QED) is 0.768. The van der Waals surface area contributed by atoms with Crippen LogP contribution in [0.15, 0.2) is 18.3 Å². The lowest BCUT2D eigenvalue weighted by atomic mass is 10.2. The van der Waals surface area contributed by atoms with Crippen molar-refractivity contribution in [2.75, 3.05) is 11.9 Å². The lowest BCUT2D eigenvalue weighted by Crippen LogP contribution is -2.24. The zero-order chi connectivity index (χ0) is 12.7. The zero-order valence-electron chi connectivity index (χ0n) is 10.2. The van der Waals surface area contributed by atoms with Crippen LogP contribution < -0.4 is 10.6 Å². The second-order valence-corrected chi connectivity index (χ2v) is 4.50. The highest BCUT2D eigenvalue weighted by Crippen LogP contribution is 2.17. The number of hydrogen-bond donors (Lipinski definition) is 2. The van der Waals surface area contributed by atoms with Gasteiger partial charge in [0, 0.05) is 18.7 Å². The van der Waals surface area contributed by atoms with E-state index in [9.17, 15) is 4.79 Å². The minimum absolute atomic E-state index is 0.0591. The van der Waals surface area contributed by atoms with Gasteiger partial charge in [0.05, 0.1) is 5.02 Å². The molecule has 1 aromatic heterocycles. The molecule has 0 aromatic carbocycles. The molecular formula is C12H18ClN3O. The number of anilines is 1. The molecule has 1 rings (SSSR count). The number of carbonyl (C=O) groups excluding carboxylic acids is 1. The first-order valence-corrected chi connectivity index (χ1v) is 6.11. The average Bonchev–Trinajstić information content (AvgIpc) is 2.27. The minimum Gasteiger partial charge on any atom is -0.315 e. The third-order valence-electron chi connectivity index (χ3n) is 2.15. The minimum atomic E-state index is -0.0591. The zero-order valence-corrected chi connectivity index (χ0v) is 10.9. The Morgan fingerprint density at radius 2 is 2.29 bits per heavy atom. The highest BCUT2D eigenvalue weighted by molar-refractivity contribution is 6.33. The van der Waals surface area contributed by atoms with Gasteiger partial charge in [-0.1, -0.05) is 25.4 Å². The van der Waals surface area contributed by atoms with Crippen LogP contribution in [0.2, 0.25) is 5.02 Å². The van der Waals surface area contributed by atoms with Crippen molar-refractivity contribution >= 4 is 23.3 Å². The molecule has 0 atom stereocenters. The van der Waals surface area contributed by atoms with Crippen LogP contribution >= 0.6 is 11.6 Å². The molecule has 0 unspecified atom stereocenters. The van der Waals surface area contributed by atoms with E-state index in [1.165, 1.54) is 0 Å². The second kappa shape index (κ2) is 7.25. The van der Waals surface area contributed by atoms with Gasteiger partial charge in [0.2, 0.25) is 5.91 Å². The normalized spacial score (nSPS) is 10.6. The predicted octanol–water partition coefficient (Wildman–Crippen LogP) is 2.45. The molecule has 0 aliphatic heterocycles.